The molecule has 5 rings (SSSR count). The fourth-order valence-electron chi connectivity index (χ4n) is 4.66. The van der Waals surface area contributed by atoms with Gasteiger partial charge in [0.2, 0.25) is 0 Å². The Hall–Kier alpha value is -2.99. The van der Waals surface area contributed by atoms with Crippen LogP contribution in [-0.4, -0.2) is 57.6 Å². The Bertz CT molecular complexity index is 1180. The number of benzene rings is 2. The number of aryl methyl sites for hydroxylation is 1. The van der Waals surface area contributed by atoms with E-state index in [1.165, 1.54) is 12.1 Å². The molecule has 8 nitrogen and oxygen atoms in total. The highest BCUT2D eigenvalue weighted by Gasteiger charge is 2.32. The molecule has 1 unspecified atom stereocenters. The minimum absolute atomic E-state index is 0.275. The second kappa shape index (κ2) is 9.57. The minimum atomic E-state index is -4.73. The van der Waals surface area contributed by atoms with Crippen LogP contribution in [0.3, 0.4) is 0 Å². The molecule has 2 aromatic carbocycles. The topological polar surface area (TPSA) is 86.9 Å². The fourth-order valence-corrected chi connectivity index (χ4v) is 4.66. The van der Waals surface area contributed by atoms with Gasteiger partial charge in [-0.25, -0.2) is 0 Å². The fraction of sp³-hybridized carbons (Fsp3) is 0.417. The van der Waals surface area contributed by atoms with Crippen LogP contribution in [0.15, 0.2) is 40.9 Å². The third-order valence-electron chi connectivity index (χ3n) is 6.28. The largest absolute Gasteiger partial charge is 0.573 e. The number of alkyl halides is 3. The molecule has 2 aliphatic rings. The zero-order valence-corrected chi connectivity index (χ0v) is 19.2. The lowest BCUT2D eigenvalue weighted by molar-refractivity contribution is -0.274. The maximum atomic E-state index is 12.4. The van der Waals surface area contributed by atoms with Gasteiger partial charge in [0.05, 0.1) is 6.54 Å². The van der Waals surface area contributed by atoms with Crippen molar-refractivity contribution >= 4 is 0 Å². The van der Waals surface area contributed by atoms with Gasteiger partial charge in [-0.1, -0.05) is 17.3 Å². The van der Waals surface area contributed by atoms with Crippen molar-refractivity contribution < 1.29 is 27.5 Å². The van der Waals surface area contributed by atoms with Gasteiger partial charge in [0, 0.05) is 50.4 Å². The first-order chi connectivity index (χ1) is 16.7. The number of nitrogens with zero attached hydrogens (tertiary/aromatic N) is 4. The molecule has 1 saturated heterocycles. The zero-order valence-electron chi connectivity index (χ0n) is 19.2. The van der Waals surface area contributed by atoms with E-state index in [1.807, 2.05) is 24.0 Å². The molecule has 0 radical (unpaired) electrons. The van der Waals surface area contributed by atoms with Gasteiger partial charge >= 0.3 is 6.36 Å². The van der Waals surface area contributed by atoms with Crippen molar-refractivity contribution in [3.63, 3.8) is 0 Å². The summed E-state index contributed by atoms with van der Waals surface area (Å²) in [7, 11) is 0. The first-order valence-corrected chi connectivity index (χ1v) is 11.4. The van der Waals surface area contributed by atoms with Gasteiger partial charge in [-0.05, 0) is 47.9 Å². The number of piperazine rings is 1. The van der Waals surface area contributed by atoms with Crippen LogP contribution in [0.4, 0.5) is 13.2 Å². The molecular weight excluding hydrogens is 463 g/mol. The minimum Gasteiger partial charge on any atom is -0.406 e. The van der Waals surface area contributed by atoms with E-state index in [-0.39, 0.29) is 5.75 Å². The molecule has 2 N–H and O–H groups in total. The first-order valence-electron chi connectivity index (χ1n) is 11.4. The monoisotopic (exact) mass is 489 g/mol. The Morgan fingerprint density at radius 3 is 2.60 bits per heavy atom. The van der Waals surface area contributed by atoms with E-state index in [9.17, 15) is 18.3 Å². The Labute approximate surface area is 200 Å². The van der Waals surface area contributed by atoms with Gasteiger partial charge in [0.25, 0.3) is 5.89 Å². The van der Waals surface area contributed by atoms with Gasteiger partial charge in [-0.15, -0.1) is 13.2 Å². The highest BCUT2D eigenvalue weighted by Crippen LogP contribution is 2.38. The van der Waals surface area contributed by atoms with E-state index < -0.39 is 12.6 Å². The molecule has 3 heterocycles. The standard InChI is InChI=1S/C24H26F3N5O3/c1-15-10-17(22-29-20(30-35-22)14-31-8-6-28-7-9-31)11-18-13-32(23(33)21(15)18)12-16-2-4-19(5-3-16)34-24(25,26)27/h2-5,10-11,23,28,33H,6-9,12-14H2,1H3. The van der Waals surface area contributed by atoms with E-state index in [4.69, 9.17) is 4.52 Å². The van der Waals surface area contributed by atoms with Crippen molar-refractivity contribution in [2.75, 3.05) is 26.2 Å². The number of aliphatic hydroxyl groups excluding tert-OH is 1. The number of aromatic nitrogens is 2. The molecule has 1 fully saturated rings. The van der Waals surface area contributed by atoms with Gasteiger partial charge < -0.3 is 19.7 Å². The number of halogens is 3. The molecule has 186 valence electrons. The third kappa shape index (κ3) is 5.48. The van der Waals surface area contributed by atoms with Crippen molar-refractivity contribution in [1.82, 2.24) is 25.3 Å². The van der Waals surface area contributed by atoms with E-state index in [0.717, 1.165) is 54.0 Å². The lowest BCUT2D eigenvalue weighted by Gasteiger charge is -2.25. The lowest BCUT2D eigenvalue weighted by atomic mass is 10.00. The van der Waals surface area contributed by atoms with Gasteiger partial charge in [-0.3, -0.25) is 9.80 Å². The maximum Gasteiger partial charge on any atom is 0.573 e. The van der Waals surface area contributed by atoms with Crippen molar-refractivity contribution in [2.24, 2.45) is 0 Å². The molecule has 2 aliphatic heterocycles. The maximum absolute atomic E-state index is 12.4. The summed E-state index contributed by atoms with van der Waals surface area (Å²) in [5.74, 6) is 0.803. The highest BCUT2D eigenvalue weighted by molar-refractivity contribution is 5.59. The van der Waals surface area contributed by atoms with Crippen LogP contribution < -0.4 is 10.1 Å². The molecule has 1 atom stereocenters. The number of hydrogen-bond donors (Lipinski definition) is 2. The second-order valence-electron chi connectivity index (χ2n) is 8.88. The number of ether oxygens (including phenoxy) is 1. The number of fused-ring (bicyclic) bond motifs is 1. The Balaban J connectivity index is 1.28. The molecular formula is C24H26F3N5O3. The van der Waals surface area contributed by atoms with Crippen LogP contribution in [-0.2, 0) is 19.6 Å². The summed E-state index contributed by atoms with van der Waals surface area (Å²) in [5.41, 5.74) is 4.24. The van der Waals surface area contributed by atoms with Crippen molar-refractivity contribution in [1.29, 1.82) is 0 Å². The van der Waals surface area contributed by atoms with Crippen LogP contribution in [0.5, 0.6) is 5.75 Å². The van der Waals surface area contributed by atoms with Crippen LogP contribution in [0, 0.1) is 6.92 Å². The average Bonchev–Trinajstić information content (AvgIpc) is 3.39. The molecule has 3 aromatic rings. The highest BCUT2D eigenvalue weighted by atomic mass is 19.4. The van der Waals surface area contributed by atoms with Gasteiger partial charge in [0.15, 0.2) is 5.82 Å². The van der Waals surface area contributed by atoms with Gasteiger partial charge in [0.1, 0.15) is 12.0 Å². The first kappa shape index (κ1) is 23.7. The predicted octanol–water partition coefficient (Wildman–Crippen LogP) is 3.36. The molecule has 11 heteroatoms. The van der Waals surface area contributed by atoms with Crippen molar-refractivity contribution in [3.8, 4) is 17.2 Å². The SMILES string of the molecule is Cc1cc(-c2nc(CN3CCNCC3)no2)cc2c1C(O)N(Cc1ccc(OC(F)(F)F)cc1)C2. The smallest absolute Gasteiger partial charge is 0.406 e. The van der Waals surface area contributed by atoms with Crippen LogP contribution in [0.2, 0.25) is 0 Å². The molecule has 35 heavy (non-hydrogen) atoms. The molecule has 0 bridgehead atoms. The normalized spacial score (nSPS) is 19.2. The quantitative estimate of drug-likeness (QED) is 0.545. The summed E-state index contributed by atoms with van der Waals surface area (Å²) in [6.07, 6.45) is -5.55. The Morgan fingerprint density at radius 2 is 1.89 bits per heavy atom. The number of aliphatic hydroxyl groups is 1. The molecule has 0 saturated carbocycles. The summed E-state index contributed by atoms with van der Waals surface area (Å²) in [6.45, 7) is 7.17. The molecule has 1 aromatic heterocycles. The predicted molar refractivity (Wildman–Crippen MR) is 120 cm³/mol. The number of nitrogens with one attached hydrogen (secondary N) is 1. The van der Waals surface area contributed by atoms with Crippen molar-refractivity contribution in [2.45, 2.75) is 39.1 Å². The molecule has 0 aliphatic carbocycles. The summed E-state index contributed by atoms with van der Waals surface area (Å²) in [6, 6.07) is 9.55. The summed E-state index contributed by atoms with van der Waals surface area (Å²) in [5, 5.41) is 18.4. The number of hydrogen-bond acceptors (Lipinski definition) is 8. The van der Waals surface area contributed by atoms with Crippen LogP contribution in [0.1, 0.15) is 34.3 Å². The van der Waals surface area contributed by atoms with E-state index >= 15 is 0 Å². The number of rotatable bonds is 6. The third-order valence-corrected chi connectivity index (χ3v) is 6.28. The summed E-state index contributed by atoms with van der Waals surface area (Å²) in [4.78, 5) is 8.70. The van der Waals surface area contributed by atoms with Crippen LogP contribution >= 0.6 is 0 Å². The van der Waals surface area contributed by atoms with E-state index in [0.29, 0.717) is 31.3 Å². The van der Waals surface area contributed by atoms with Gasteiger partial charge in [-0.2, -0.15) is 4.98 Å². The summed E-state index contributed by atoms with van der Waals surface area (Å²) < 4.78 is 46.6. The Kier molecular flexibility index (Phi) is 6.49. The Morgan fingerprint density at radius 1 is 1.14 bits per heavy atom. The zero-order chi connectivity index (χ0) is 24.6. The van der Waals surface area contributed by atoms with E-state index in [2.05, 4.69) is 25.1 Å². The average molecular weight is 489 g/mol. The summed E-state index contributed by atoms with van der Waals surface area (Å²) >= 11 is 0. The molecule has 0 spiro atoms. The van der Waals surface area contributed by atoms with Crippen LogP contribution in [0.25, 0.3) is 11.5 Å². The lowest BCUT2D eigenvalue weighted by Crippen LogP contribution is -2.43. The van der Waals surface area contributed by atoms with E-state index in [1.54, 1.807) is 12.1 Å². The second-order valence-corrected chi connectivity index (χ2v) is 8.88. The van der Waals surface area contributed by atoms with Crippen molar-refractivity contribution in [3.05, 3.63) is 64.5 Å². The molecule has 0 amide bonds.